The van der Waals surface area contributed by atoms with Crippen molar-refractivity contribution >= 4 is 37.8 Å². The average molecular weight is 373 g/mol. The van der Waals surface area contributed by atoms with Gasteiger partial charge >= 0.3 is 0 Å². The molecule has 1 atom stereocenters. The molecule has 2 aromatic rings. The van der Waals surface area contributed by atoms with Crippen LogP contribution in [0.2, 0.25) is 0 Å². The molecule has 5 heteroatoms. The normalized spacial score (nSPS) is 12.2. The molecule has 0 fully saturated rings. The highest BCUT2D eigenvalue weighted by molar-refractivity contribution is 9.10. The molecule has 1 aromatic carbocycles. The van der Waals surface area contributed by atoms with Gasteiger partial charge in [-0.25, -0.2) is 0 Å². The maximum absolute atomic E-state index is 11.9. The van der Waals surface area contributed by atoms with E-state index in [0.29, 0.717) is 10.4 Å². The first-order valence-electron chi connectivity index (χ1n) is 5.38. The zero-order valence-electron chi connectivity index (χ0n) is 9.61. The summed E-state index contributed by atoms with van der Waals surface area (Å²) in [7, 11) is 0. The van der Waals surface area contributed by atoms with E-state index in [0.717, 1.165) is 10.0 Å². The van der Waals surface area contributed by atoms with Crippen LogP contribution in [0, 0.1) is 0 Å². The predicted octanol–water partition coefficient (Wildman–Crippen LogP) is 4.30. The van der Waals surface area contributed by atoms with Crippen molar-refractivity contribution in [1.29, 1.82) is 0 Å². The monoisotopic (exact) mass is 371 g/mol. The third-order valence-electron chi connectivity index (χ3n) is 2.51. The topological polar surface area (TPSA) is 42.2 Å². The Kier molecular flexibility index (Phi) is 4.24. The van der Waals surface area contributed by atoms with Gasteiger partial charge in [0.1, 0.15) is 0 Å². The van der Waals surface area contributed by atoms with Crippen LogP contribution < -0.4 is 5.32 Å². The summed E-state index contributed by atoms with van der Waals surface area (Å²) in [6.07, 6.45) is 0. The van der Waals surface area contributed by atoms with Crippen LogP contribution in [0.15, 0.2) is 50.0 Å². The Morgan fingerprint density at radius 3 is 2.39 bits per heavy atom. The molecule has 3 nitrogen and oxygen atoms in total. The van der Waals surface area contributed by atoms with Crippen molar-refractivity contribution in [1.82, 2.24) is 5.32 Å². The maximum Gasteiger partial charge on any atom is 0.287 e. The quantitative estimate of drug-likeness (QED) is 0.872. The lowest BCUT2D eigenvalue weighted by molar-refractivity contribution is 0.0910. The molecule has 0 saturated carbocycles. The van der Waals surface area contributed by atoms with Crippen LogP contribution in [0.5, 0.6) is 0 Å². The van der Waals surface area contributed by atoms with Crippen molar-refractivity contribution in [2.75, 3.05) is 0 Å². The summed E-state index contributed by atoms with van der Waals surface area (Å²) >= 11 is 6.54. The van der Waals surface area contributed by atoms with Crippen LogP contribution in [0.1, 0.15) is 29.1 Å². The van der Waals surface area contributed by atoms with Crippen LogP contribution >= 0.6 is 31.9 Å². The summed E-state index contributed by atoms with van der Waals surface area (Å²) in [6, 6.07) is 11.1. The van der Waals surface area contributed by atoms with Gasteiger partial charge in [-0.2, -0.15) is 0 Å². The molecule has 0 aliphatic rings. The van der Waals surface area contributed by atoms with Gasteiger partial charge in [0.15, 0.2) is 10.4 Å². The fourth-order valence-corrected chi connectivity index (χ4v) is 2.11. The second-order valence-corrected chi connectivity index (χ2v) is 5.55. The first-order valence-corrected chi connectivity index (χ1v) is 6.96. The van der Waals surface area contributed by atoms with Gasteiger partial charge in [-0.15, -0.1) is 0 Å². The first kappa shape index (κ1) is 13.4. The van der Waals surface area contributed by atoms with Gasteiger partial charge in [-0.1, -0.05) is 28.1 Å². The van der Waals surface area contributed by atoms with Crippen molar-refractivity contribution in [2.24, 2.45) is 0 Å². The largest absolute Gasteiger partial charge is 0.444 e. The van der Waals surface area contributed by atoms with E-state index in [1.54, 1.807) is 12.1 Å². The van der Waals surface area contributed by atoms with E-state index in [1.165, 1.54) is 0 Å². The van der Waals surface area contributed by atoms with Gasteiger partial charge in [0.2, 0.25) is 0 Å². The molecule has 1 amide bonds. The maximum atomic E-state index is 11.9. The lowest BCUT2D eigenvalue weighted by atomic mass is 10.1. The molecule has 0 bridgehead atoms. The third kappa shape index (κ3) is 3.23. The Hall–Kier alpha value is -1.07. The Balaban J connectivity index is 2.05. The van der Waals surface area contributed by atoms with Gasteiger partial charge in [-0.05, 0) is 52.7 Å². The Morgan fingerprint density at radius 2 is 1.83 bits per heavy atom. The van der Waals surface area contributed by atoms with Crippen molar-refractivity contribution in [3.63, 3.8) is 0 Å². The minimum atomic E-state index is -0.226. The van der Waals surface area contributed by atoms with E-state index < -0.39 is 0 Å². The summed E-state index contributed by atoms with van der Waals surface area (Å²) in [5, 5.41) is 2.88. The van der Waals surface area contributed by atoms with Crippen LogP contribution in [-0.4, -0.2) is 5.91 Å². The van der Waals surface area contributed by atoms with Crippen LogP contribution in [-0.2, 0) is 0 Å². The Labute approximate surface area is 122 Å². The number of benzene rings is 1. The molecule has 1 aromatic heterocycles. The van der Waals surface area contributed by atoms with Crippen molar-refractivity contribution in [3.05, 3.63) is 56.9 Å². The summed E-state index contributed by atoms with van der Waals surface area (Å²) in [6.45, 7) is 1.93. The van der Waals surface area contributed by atoms with Crippen molar-refractivity contribution < 1.29 is 9.21 Å². The minimum Gasteiger partial charge on any atom is -0.444 e. The SMILES string of the molecule is C[C@H](NC(=O)c1ccc(Br)o1)c1ccc(Br)cc1. The van der Waals surface area contributed by atoms with E-state index in [2.05, 4.69) is 37.2 Å². The fourth-order valence-electron chi connectivity index (χ4n) is 1.54. The summed E-state index contributed by atoms with van der Waals surface area (Å²) in [4.78, 5) is 11.9. The Morgan fingerprint density at radius 1 is 1.17 bits per heavy atom. The van der Waals surface area contributed by atoms with Gasteiger partial charge in [-0.3, -0.25) is 4.79 Å². The lowest BCUT2D eigenvalue weighted by Gasteiger charge is -2.13. The molecule has 0 saturated heterocycles. The van der Waals surface area contributed by atoms with E-state index in [-0.39, 0.29) is 11.9 Å². The van der Waals surface area contributed by atoms with Gasteiger partial charge in [0.05, 0.1) is 6.04 Å². The second kappa shape index (κ2) is 5.71. The number of hydrogen-bond acceptors (Lipinski definition) is 2. The zero-order valence-corrected chi connectivity index (χ0v) is 12.8. The molecular formula is C13H11Br2NO2. The highest BCUT2D eigenvalue weighted by atomic mass is 79.9. The van der Waals surface area contributed by atoms with E-state index in [1.807, 2.05) is 31.2 Å². The van der Waals surface area contributed by atoms with Gasteiger partial charge in [0.25, 0.3) is 5.91 Å². The molecule has 94 valence electrons. The third-order valence-corrected chi connectivity index (χ3v) is 3.47. The number of rotatable bonds is 3. The number of carbonyl (C=O) groups is 1. The summed E-state index contributed by atoms with van der Waals surface area (Å²) in [5.41, 5.74) is 1.04. The molecule has 18 heavy (non-hydrogen) atoms. The van der Waals surface area contributed by atoms with Gasteiger partial charge < -0.3 is 9.73 Å². The molecule has 0 aliphatic heterocycles. The average Bonchev–Trinajstić information content (AvgIpc) is 2.76. The molecule has 1 N–H and O–H groups in total. The molecule has 0 radical (unpaired) electrons. The second-order valence-electron chi connectivity index (χ2n) is 3.85. The first-order chi connectivity index (χ1) is 8.56. The number of furan rings is 1. The number of nitrogens with one attached hydrogen (secondary N) is 1. The van der Waals surface area contributed by atoms with Crippen molar-refractivity contribution in [2.45, 2.75) is 13.0 Å². The number of amides is 1. The lowest BCUT2D eigenvalue weighted by Crippen LogP contribution is -2.26. The number of halogens is 2. The van der Waals surface area contributed by atoms with Crippen molar-refractivity contribution in [3.8, 4) is 0 Å². The summed E-state index contributed by atoms with van der Waals surface area (Å²) < 4.78 is 6.76. The fraction of sp³-hybridized carbons (Fsp3) is 0.154. The van der Waals surface area contributed by atoms with Crippen LogP contribution in [0.4, 0.5) is 0 Å². The van der Waals surface area contributed by atoms with E-state index in [4.69, 9.17) is 4.42 Å². The standard InChI is InChI=1S/C13H11Br2NO2/c1-8(9-2-4-10(14)5-3-9)16-13(17)11-6-7-12(15)18-11/h2-8H,1H3,(H,16,17)/t8-/m0/s1. The smallest absolute Gasteiger partial charge is 0.287 e. The van der Waals surface area contributed by atoms with Gasteiger partial charge in [0, 0.05) is 4.47 Å². The van der Waals surface area contributed by atoms with Crippen LogP contribution in [0.3, 0.4) is 0 Å². The summed E-state index contributed by atoms with van der Waals surface area (Å²) in [5.74, 6) is 0.0713. The molecule has 2 rings (SSSR count). The highest BCUT2D eigenvalue weighted by Crippen LogP contribution is 2.18. The predicted molar refractivity (Wildman–Crippen MR) is 76.4 cm³/mol. The van der Waals surface area contributed by atoms with E-state index in [9.17, 15) is 4.79 Å². The molecule has 0 unspecified atom stereocenters. The molecule has 0 aliphatic carbocycles. The Bertz CT molecular complexity index is 548. The minimum absolute atomic E-state index is 0.0746. The molecule has 0 spiro atoms. The van der Waals surface area contributed by atoms with E-state index >= 15 is 0 Å². The molecule has 1 heterocycles. The zero-order chi connectivity index (χ0) is 13.1. The number of hydrogen-bond donors (Lipinski definition) is 1. The molecular weight excluding hydrogens is 362 g/mol. The highest BCUT2D eigenvalue weighted by Gasteiger charge is 2.14. The number of carbonyl (C=O) groups excluding carboxylic acids is 1. The van der Waals surface area contributed by atoms with Crippen LogP contribution in [0.25, 0.3) is 0 Å².